The van der Waals surface area contributed by atoms with E-state index in [2.05, 4.69) is 17.3 Å². The molecule has 27 heavy (non-hydrogen) atoms. The van der Waals surface area contributed by atoms with Gasteiger partial charge in [0.2, 0.25) is 0 Å². The lowest BCUT2D eigenvalue weighted by atomic mass is 9.77. The topological polar surface area (TPSA) is 104 Å². The highest BCUT2D eigenvalue weighted by Gasteiger charge is 2.52. The van der Waals surface area contributed by atoms with Crippen molar-refractivity contribution in [1.29, 1.82) is 5.26 Å². The Bertz CT molecular complexity index is 806. The van der Waals surface area contributed by atoms with Crippen molar-refractivity contribution in [1.82, 2.24) is 10.3 Å². The number of methoxy groups -OCH3 is 1. The molecule has 0 aromatic heterocycles. The zero-order chi connectivity index (χ0) is 19.4. The van der Waals surface area contributed by atoms with Crippen molar-refractivity contribution in [2.75, 3.05) is 13.7 Å². The summed E-state index contributed by atoms with van der Waals surface area (Å²) in [7, 11) is 1.49. The van der Waals surface area contributed by atoms with Crippen LogP contribution in [0.25, 0.3) is 0 Å². The van der Waals surface area contributed by atoms with E-state index in [1.165, 1.54) is 13.3 Å². The fraction of sp³-hybridized carbons (Fsp3) is 0.474. The van der Waals surface area contributed by atoms with Gasteiger partial charge < -0.3 is 14.8 Å². The number of imide groups is 1. The second kappa shape index (κ2) is 7.66. The third kappa shape index (κ3) is 3.72. The number of hydrazone groups is 1. The predicted molar refractivity (Wildman–Crippen MR) is 97.4 cm³/mol. The van der Waals surface area contributed by atoms with Crippen molar-refractivity contribution in [2.24, 2.45) is 11.0 Å². The van der Waals surface area contributed by atoms with Crippen LogP contribution >= 0.6 is 0 Å². The van der Waals surface area contributed by atoms with Gasteiger partial charge in [-0.05, 0) is 55.4 Å². The molecular formula is C19H22N4O4. The van der Waals surface area contributed by atoms with Crippen LogP contribution in [0.15, 0.2) is 23.3 Å². The van der Waals surface area contributed by atoms with Crippen molar-refractivity contribution in [3.05, 3.63) is 23.8 Å². The molecule has 1 aliphatic heterocycles. The second-order valence-electron chi connectivity index (χ2n) is 6.91. The molecule has 2 aliphatic rings. The van der Waals surface area contributed by atoms with Gasteiger partial charge in [-0.2, -0.15) is 10.4 Å². The van der Waals surface area contributed by atoms with Crippen LogP contribution in [-0.4, -0.2) is 42.4 Å². The minimum Gasteiger partial charge on any atom is -0.493 e. The van der Waals surface area contributed by atoms with E-state index in [1.807, 2.05) is 6.07 Å². The number of carbonyl (C=O) groups excluding carboxylic acids is 2. The molecule has 0 bridgehead atoms. The molecule has 142 valence electrons. The lowest BCUT2D eigenvalue weighted by Gasteiger charge is -2.33. The highest BCUT2D eigenvalue weighted by molar-refractivity contribution is 6.07. The summed E-state index contributed by atoms with van der Waals surface area (Å²) >= 11 is 0. The fourth-order valence-corrected chi connectivity index (χ4v) is 3.42. The number of nitriles is 1. The quantitative estimate of drug-likeness (QED) is 0.633. The maximum atomic E-state index is 12.8. The normalized spacial score (nSPS) is 24.9. The van der Waals surface area contributed by atoms with Crippen molar-refractivity contribution in [3.8, 4) is 17.6 Å². The van der Waals surface area contributed by atoms with E-state index in [4.69, 9.17) is 14.7 Å². The second-order valence-corrected chi connectivity index (χ2v) is 6.91. The van der Waals surface area contributed by atoms with Crippen LogP contribution in [0, 0.1) is 17.2 Å². The largest absolute Gasteiger partial charge is 0.493 e. The fourth-order valence-electron chi connectivity index (χ4n) is 3.42. The van der Waals surface area contributed by atoms with E-state index in [-0.39, 0.29) is 12.5 Å². The molecule has 3 amide bonds. The summed E-state index contributed by atoms with van der Waals surface area (Å²) in [5.41, 5.74) is -0.178. The molecule has 1 aromatic carbocycles. The van der Waals surface area contributed by atoms with Crippen molar-refractivity contribution in [3.63, 3.8) is 0 Å². The van der Waals surface area contributed by atoms with Gasteiger partial charge in [0.25, 0.3) is 5.91 Å². The highest BCUT2D eigenvalue weighted by atomic mass is 16.5. The Kier molecular flexibility index (Phi) is 5.31. The summed E-state index contributed by atoms with van der Waals surface area (Å²) in [6, 6.07) is 6.41. The van der Waals surface area contributed by atoms with E-state index in [9.17, 15) is 9.59 Å². The van der Waals surface area contributed by atoms with Gasteiger partial charge in [-0.3, -0.25) is 4.79 Å². The first kappa shape index (κ1) is 18.7. The summed E-state index contributed by atoms with van der Waals surface area (Å²) in [4.78, 5) is 25.0. The number of urea groups is 1. The number of ether oxygens (including phenoxy) is 2. The van der Waals surface area contributed by atoms with E-state index in [0.29, 0.717) is 35.8 Å². The molecule has 0 atom stereocenters. The molecule has 1 heterocycles. The zero-order valence-corrected chi connectivity index (χ0v) is 15.4. The number of hydrogen-bond donors (Lipinski definition) is 1. The van der Waals surface area contributed by atoms with E-state index in [0.717, 1.165) is 17.9 Å². The maximum absolute atomic E-state index is 12.8. The molecule has 2 fully saturated rings. The monoisotopic (exact) mass is 370 g/mol. The molecule has 3 rings (SSSR count). The van der Waals surface area contributed by atoms with Gasteiger partial charge in [0, 0.05) is 0 Å². The van der Waals surface area contributed by atoms with Crippen molar-refractivity contribution in [2.45, 2.75) is 38.1 Å². The van der Waals surface area contributed by atoms with Gasteiger partial charge >= 0.3 is 6.03 Å². The first-order valence-electron chi connectivity index (χ1n) is 8.87. The Morgan fingerprint density at radius 2 is 2.11 bits per heavy atom. The zero-order valence-electron chi connectivity index (χ0n) is 15.4. The Morgan fingerprint density at radius 1 is 1.37 bits per heavy atom. The first-order valence-corrected chi connectivity index (χ1v) is 8.87. The van der Waals surface area contributed by atoms with Crippen molar-refractivity contribution >= 4 is 18.2 Å². The Balaban J connectivity index is 1.75. The minimum absolute atomic E-state index is 0.0903. The number of hydrogen-bond acceptors (Lipinski definition) is 6. The van der Waals surface area contributed by atoms with E-state index in [1.54, 1.807) is 18.2 Å². The number of amides is 3. The van der Waals surface area contributed by atoms with Gasteiger partial charge in [-0.25, -0.2) is 4.79 Å². The third-order valence-corrected chi connectivity index (χ3v) is 5.07. The van der Waals surface area contributed by atoms with Crippen LogP contribution in [0.1, 0.15) is 38.2 Å². The molecule has 0 unspecified atom stereocenters. The molecule has 1 saturated carbocycles. The first-order chi connectivity index (χ1) is 13.0. The van der Waals surface area contributed by atoms with Gasteiger partial charge in [-0.1, -0.05) is 6.92 Å². The summed E-state index contributed by atoms with van der Waals surface area (Å²) in [5.74, 6) is 1.13. The van der Waals surface area contributed by atoms with E-state index < -0.39 is 11.6 Å². The minimum atomic E-state index is -0.812. The Labute approximate surface area is 157 Å². The van der Waals surface area contributed by atoms with Gasteiger partial charge in [0.15, 0.2) is 18.1 Å². The molecule has 1 aliphatic carbocycles. The Hall–Kier alpha value is -3.08. The van der Waals surface area contributed by atoms with Gasteiger partial charge in [-0.15, -0.1) is 5.01 Å². The van der Waals surface area contributed by atoms with Crippen LogP contribution in [0.3, 0.4) is 0 Å². The number of nitrogens with one attached hydrogen (secondary N) is 1. The van der Waals surface area contributed by atoms with Crippen LogP contribution in [0.2, 0.25) is 0 Å². The Morgan fingerprint density at radius 3 is 2.78 bits per heavy atom. The average Bonchev–Trinajstić information content (AvgIpc) is 2.90. The molecule has 1 saturated heterocycles. The lowest BCUT2D eigenvalue weighted by Crippen LogP contribution is -2.49. The molecule has 1 N–H and O–H groups in total. The predicted octanol–water partition coefficient (Wildman–Crippen LogP) is 2.43. The van der Waals surface area contributed by atoms with Crippen LogP contribution in [-0.2, 0) is 4.79 Å². The summed E-state index contributed by atoms with van der Waals surface area (Å²) in [5, 5.41) is 16.4. The molecule has 0 radical (unpaired) electrons. The smallest absolute Gasteiger partial charge is 0.346 e. The molecule has 8 heteroatoms. The lowest BCUT2D eigenvalue weighted by molar-refractivity contribution is -0.132. The van der Waals surface area contributed by atoms with E-state index >= 15 is 0 Å². The maximum Gasteiger partial charge on any atom is 0.346 e. The molecule has 8 nitrogen and oxygen atoms in total. The summed E-state index contributed by atoms with van der Waals surface area (Å²) < 4.78 is 10.5. The number of rotatable bonds is 5. The summed E-state index contributed by atoms with van der Waals surface area (Å²) in [6.07, 6.45) is 4.53. The third-order valence-electron chi connectivity index (χ3n) is 5.07. The highest BCUT2D eigenvalue weighted by Crippen LogP contribution is 2.36. The number of benzene rings is 1. The number of nitrogens with zero attached hydrogens (tertiary/aromatic N) is 3. The van der Waals surface area contributed by atoms with Crippen molar-refractivity contribution < 1.29 is 19.1 Å². The van der Waals surface area contributed by atoms with Gasteiger partial charge in [0.05, 0.1) is 13.3 Å². The molecular weight excluding hydrogens is 348 g/mol. The van der Waals surface area contributed by atoms with Gasteiger partial charge in [0.1, 0.15) is 11.6 Å². The number of carbonyl (C=O) groups is 2. The summed E-state index contributed by atoms with van der Waals surface area (Å²) in [6.45, 7) is 2.06. The standard InChI is InChI=1S/C19H22N4O4/c1-13-5-7-19(8-6-13)17(24)23(18(25)22-19)21-12-14-3-4-15(27-10-9-20)16(11-14)26-2/h3-4,11-13H,5-8,10H2,1-2H3,(H,22,25)/b21-12-. The van der Waals surface area contributed by atoms with Crippen LogP contribution in [0.4, 0.5) is 4.79 Å². The van der Waals surface area contributed by atoms with Crippen LogP contribution in [0.5, 0.6) is 11.5 Å². The molecule has 1 spiro atoms. The average molecular weight is 370 g/mol. The SMILES string of the molecule is COc1cc(/C=N\N2C(=O)NC3(CCC(C)CC3)C2=O)ccc1OCC#N. The van der Waals surface area contributed by atoms with Crippen LogP contribution < -0.4 is 14.8 Å². The molecule has 1 aromatic rings.